The van der Waals surface area contributed by atoms with Crippen LogP contribution in [0.15, 0.2) is 54.6 Å². The number of methoxy groups -OCH3 is 2. The van der Waals surface area contributed by atoms with Crippen molar-refractivity contribution >= 4 is 28.3 Å². The standard InChI is InChI=1S/C23H23NO4/c1-14-6-5-7-20(23(26)28-4)21(14)24-22(25)15(2)16-8-9-18-13-19(27-3)11-10-17(18)12-16/h5-13,15H,1-4H3,(H,24,25)/t15-/m0/s1. The molecule has 0 radical (unpaired) electrons. The minimum Gasteiger partial charge on any atom is -0.497 e. The van der Waals surface area contributed by atoms with Crippen molar-refractivity contribution < 1.29 is 19.1 Å². The van der Waals surface area contributed by atoms with Crippen LogP contribution in [0.1, 0.15) is 34.3 Å². The zero-order valence-corrected chi connectivity index (χ0v) is 16.4. The van der Waals surface area contributed by atoms with Crippen molar-refractivity contribution in [1.29, 1.82) is 0 Å². The summed E-state index contributed by atoms with van der Waals surface area (Å²) in [5, 5.41) is 4.97. The van der Waals surface area contributed by atoms with Crippen LogP contribution in [0.25, 0.3) is 10.8 Å². The Morgan fingerprint density at radius 1 is 0.964 bits per heavy atom. The number of benzene rings is 3. The Morgan fingerprint density at radius 3 is 2.39 bits per heavy atom. The molecule has 0 aliphatic carbocycles. The number of ether oxygens (including phenoxy) is 2. The zero-order valence-electron chi connectivity index (χ0n) is 16.4. The molecule has 1 atom stereocenters. The van der Waals surface area contributed by atoms with Crippen LogP contribution >= 0.6 is 0 Å². The van der Waals surface area contributed by atoms with Crippen LogP contribution in [0.5, 0.6) is 5.75 Å². The quantitative estimate of drug-likeness (QED) is 0.656. The van der Waals surface area contributed by atoms with Gasteiger partial charge in [-0.2, -0.15) is 0 Å². The summed E-state index contributed by atoms with van der Waals surface area (Å²) in [4.78, 5) is 24.9. The molecule has 28 heavy (non-hydrogen) atoms. The van der Waals surface area contributed by atoms with Gasteiger partial charge in [0, 0.05) is 0 Å². The molecule has 144 valence electrons. The molecule has 0 saturated carbocycles. The Bertz CT molecular complexity index is 1040. The summed E-state index contributed by atoms with van der Waals surface area (Å²) in [6, 6.07) is 17.0. The van der Waals surface area contributed by atoms with Crippen LogP contribution in [0.4, 0.5) is 5.69 Å². The highest BCUT2D eigenvalue weighted by molar-refractivity contribution is 6.04. The summed E-state index contributed by atoms with van der Waals surface area (Å²) in [5.41, 5.74) is 2.52. The van der Waals surface area contributed by atoms with Gasteiger partial charge in [0.1, 0.15) is 5.75 Å². The van der Waals surface area contributed by atoms with Gasteiger partial charge in [-0.1, -0.05) is 36.4 Å². The maximum atomic E-state index is 12.9. The number of aryl methyl sites for hydroxylation is 1. The van der Waals surface area contributed by atoms with E-state index in [1.54, 1.807) is 19.2 Å². The average molecular weight is 377 g/mol. The first-order chi connectivity index (χ1) is 13.4. The highest BCUT2D eigenvalue weighted by atomic mass is 16.5. The van der Waals surface area contributed by atoms with E-state index in [4.69, 9.17) is 9.47 Å². The summed E-state index contributed by atoms with van der Waals surface area (Å²) in [6.45, 7) is 3.69. The van der Waals surface area contributed by atoms with Crippen molar-refractivity contribution in [2.24, 2.45) is 0 Å². The van der Waals surface area contributed by atoms with E-state index < -0.39 is 11.9 Å². The van der Waals surface area contributed by atoms with Crippen molar-refractivity contribution in [1.82, 2.24) is 0 Å². The molecule has 0 unspecified atom stereocenters. The Kier molecular flexibility index (Phi) is 5.64. The van der Waals surface area contributed by atoms with Crippen molar-refractivity contribution in [3.63, 3.8) is 0 Å². The van der Waals surface area contributed by atoms with Crippen LogP contribution in [0.2, 0.25) is 0 Å². The maximum Gasteiger partial charge on any atom is 0.339 e. The van der Waals surface area contributed by atoms with Gasteiger partial charge < -0.3 is 14.8 Å². The van der Waals surface area contributed by atoms with Gasteiger partial charge in [-0.3, -0.25) is 4.79 Å². The molecular formula is C23H23NO4. The third-order valence-electron chi connectivity index (χ3n) is 4.89. The summed E-state index contributed by atoms with van der Waals surface area (Å²) >= 11 is 0. The van der Waals surface area contributed by atoms with Gasteiger partial charge >= 0.3 is 5.97 Å². The number of esters is 1. The van der Waals surface area contributed by atoms with E-state index >= 15 is 0 Å². The molecular weight excluding hydrogens is 354 g/mol. The fourth-order valence-corrected chi connectivity index (χ4v) is 3.14. The Labute approximate surface area is 164 Å². The Morgan fingerprint density at radius 2 is 1.68 bits per heavy atom. The van der Waals surface area contributed by atoms with Crippen molar-refractivity contribution in [2.45, 2.75) is 19.8 Å². The van der Waals surface area contributed by atoms with Crippen molar-refractivity contribution in [3.8, 4) is 5.75 Å². The number of fused-ring (bicyclic) bond motifs is 1. The van der Waals surface area contributed by atoms with Crippen molar-refractivity contribution in [3.05, 3.63) is 71.3 Å². The molecule has 0 spiro atoms. The van der Waals surface area contributed by atoms with Gasteiger partial charge in [0.25, 0.3) is 0 Å². The lowest BCUT2D eigenvalue weighted by molar-refractivity contribution is -0.117. The molecule has 1 N–H and O–H groups in total. The summed E-state index contributed by atoms with van der Waals surface area (Å²) in [7, 11) is 2.96. The summed E-state index contributed by atoms with van der Waals surface area (Å²) < 4.78 is 10.1. The molecule has 0 aromatic heterocycles. The van der Waals surface area contributed by atoms with Gasteiger partial charge in [0.15, 0.2) is 0 Å². The van der Waals surface area contributed by atoms with Gasteiger partial charge in [-0.05, 0) is 53.9 Å². The predicted molar refractivity (Wildman–Crippen MR) is 110 cm³/mol. The molecule has 0 saturated heterocycles. The van der Waals surface area contributed by atoms with E-state index in [0.29, 0.717) is 11.3 Å². The minimum atomic E-state index is -0.480. The summed E-state index contributed by atoms with van der Waals surface area (Å²) in [5.74, 6) is -0.267. The van der Waals surface area contributed by atoms with Gasteiger partial charge in [0.05, 0.1) is 31.4 Å². The second-order valence-electron chi connectivity index (χ2n) is 6.67. The Hall–Kier alpha value is -3.34. The SMILES string of the molecule is COC(=O)c1cccc(C)c1NC(=O)[C@@H](C)c1ccc2cc(OC)ccc2c1. The third-order valence-corrected chi connectivity index (χ3v) is 4.89. The normalized spacial score (nSPS) is 11.7. The molecule has 0 aliphatic heterocycles. The molecule has 3 aromatic rings. The maximum absolute atomic E-state index is 12.9. The number of carbonyl (C=O) groups excluding carboxylic acids is 2. The number of amides is 1. The first-order valence-corrected chi connectivity index (χ1v) is 9.01. The molecule has 0 aliphatic rings. The monoisotopic (exact) mass is 377 g/mol. The van der Waals surface area contributed by atoms with Crippen LogP contribution < -0.4 is 10.1 Å². The first kappa shape index (κ1) is 19.4. The number of rotatable bonds is 5. The van der Waals surface area contributed by atoms with E-state index in [-0.39, 0.29) is 5.91 Å². The van der Waals surface area contributed by atoms with Crippen LogP contribution in [-0.4, -0.2) is 26.1 Å². The molecule has 5 nitrogen and oxygen atoms in total. The highest BCUT2D eigenvalue weighted by Gasteiger charge is 2.20. The second kappa shape index (κ2) is 8.13. The number of hydrogen-bond acceptors (Lipinski definition) is 4. The Balaban J connectivity index is 1.88. The number of carbonyl (C=O) groups is 2. The average Bonchev–Trinajstić information content (AvgIpc) is 2.73. The van der Waals surface area contributed by atoms with Crippen LogP contribution in [-0.2, 0) is 9.53 Å². The third kappa shape index (κ3) is 3.83. The fraction of sp³-hybridized carbons (Fsp3) is 0.217. The number of para-hydroxylation sites is 1. The molecule has 0 bridgehead atoms. The van der Waals surface area contributed by atoms with Crippen LogP contribution in [0.3, 0.4) is 0 Å². The molecule has 3 rings (SSSR count). The zero-order chi connectivity index (χ0) is 20.3. The van der Waals surface area contributed by atoms with Gasteiger partial charge in [0.2, 0.25) is 5.91 Å². The number of hydrogen-bond donors (Lipinski definition) is 1. The minimum absolute atomic E-state index is 0.188. The lowest BCUT2D eigenvalue weighted by Crippen LogP contribution is -2.21. The molecule has 0 heterocycles. The summed E-state index contributed by atoms with van der Waals surface area (Å²) in [6.07, 6.45) is 0. The van der Waals surface area contributed by atoms with E-state index in [9.17, 15) is 9.59 Å². The number of nitrogens with one attached hydrogen (secondary N) is 1. The molecule has 5 heteroatoms. The van der Waals surface area contributed by atoms with Crippen molar-refractivity contribution in [2.75, 3.05) is 19.5 Å². The van der Waals surface area contributed by atoms with E-state index in [1.165, 1.54) is 7.11 Å². The van der Waals surface area contributed by atoms with E-state index in [1.807, 2.05) is 56.3 Å². The highest BCUT2D eigenvalue weighted by Crippen LogP contribution is 2.27. The van der Waals surface area contributed by atoms with Crippen LogP contribution in [0, 0.1) is 6.92 Å². The van der Waals surface area contributed by atoms with Gasteiger partial charge in [-0.15, -0.1) is 0 Å². The largest absolute Gasteiger partial charge is 0.497 e. The molecule has 3 aromatic carbocycles. The predicted octanol–water partition coefficient (Wildman–Crippen LogP) is 4.69. The fourth-order valence-electron chi connectivity index (χ4n) is 3.14. The smallest absolute Gasteiger partial charge is 0.339 e. The number of anilines is 1. The topological polar surface area (TPSA) is 64.6 Å². The molecule has 0 fully saturated rings. The lowest BCUT2D eigenvalue weighted by Gasteiger charge is -2.17. The first-order valence-electron chi connectivity index (χ1n) is 9.01. The van der Waals surface area contributed by atoms with Gasteiger partial charge in [-0.25, -0.2) is 4.79 Å². The van der Waals surface area contributed by atoms with E-state index in [2.05, 4.69) is 5.32 Å². The molecule has 1 amide bonds. The second-order valence-corrected chi connectivity index (χ2v) is 6.67. The van der Waals surface area contributed by atoms with E-state index in [0.717, 1.165) is 27.6 Å². The lowest BCUT2D eigenvalue weighted by atomic mass is 9.96.